The smallest absolute Gasteiger partial charge is 0.122 e. The molecule has 3 nitrogen and oxygen atoms in total. The summed E-state index contributed by atoms with van der Waals surface area (Å²) >= 11 is 0. The van der Waals surface area contributed by atoms with Crippen LogP contribution in [0, 0.1) is 13.8 Å². The Bertz CT molecular complexity index is 1210. The largest absolute Gasteiger partial charge is 0.493 e. The Morgan fingerprint density at radius 1 is 0.912 bits per heavy atom. The minimum atomic E-state index is 0.682. The molecule has 0 aliphatic rings. The first-order valence-corrected chi connectivity index (χ1v) is 12.4. The number of hydrogen-bond donors (Lipinski definition) is 0. The molecule has 0 spiro atoms. The number of hydrogen-bond acceptors (Lipinski definition) is 2. The monoisotopic (exact) mass is 454 g/mol. The van der Waals surface area contributed by atoms with Crippen molar-refractivity contribution in [3.8, 4) is 5.75 Å². The molecule has 0 radical (unpaired) electrons. The van der Waals surface area contributed by atoms with E-state index in [0.29, 0.717) is 6.61 Å². The summed E-state index contributed by atoms with van der Waals surface area (Å²) < 4.78 is 8.49. The predicted octanol–water partition coefficient (Wildman–Crippen LogP) is 7.86. The van der Waals surface area contributed by atoms with Gasteiger partial charge in [-0.2, -0.15) is 0 Å². The minimum Gasteiger partial charge on any atom is -0.493 e. The second-order valence-corrected chi connectivity index (χ2v) is 8.71. The maximum absolute atomic E-state index is 6.29. The van der Waals surface area contributed by atoms with Crippen molar-refractivity contribution >= 4 is 10.8 Å². The molecule has 0 saturated heterocycles. The van der Waals surface area contributed by atoms with Crippen LogP contribution >= 0.6 is 0 Å². The summed E-state index contributed by atoms with van der Waals surface area (Å²) in [6.07, 6.45) is 7.93. The zero-order valence-electron chi connectivity index (χ0n) is 21.2. The molecule has 0 saturated carbocycles. The third-order valence-corrected chi connectivity index (χ3v) is 6.10. The van der Waals surface area contributed by atoms with E-state index >= 15 is 0 Å². The van der Waals surface area contributed by atoms with Gasteiger partial charge in [-0.1, -0.05) is 80.9 Å². The number of allylic oxidation sites excluding steroid dienone is 1. The van der Waals surface area contributed by atoms with Gasteiger partial charge in [0, 0.05) is 18.7 Å². The fourth-order valence-corrected chi connectivity index (χ4v) is 3.88. The van der Waals surface area contributed by atoms with E-state index in [1.165, 1.54) is 33.2 Å². The second kappa shape index (κ2) is 12.8. The summed E-state index contributed by atoms with van der Waals surface area (Å²) in [5.41, 5.74) is 6.15. The predicted molar refractivity (Wildman–Crippen MR) is 145 cm³/mol. The molecular weight excluding hydrogens is 416 g/mol. The highest BCUT2D eigenvalue weighted by atomic mass is 16.5. The molecule has 0 aliphatic heterocycles. The zero-order valence-corrected chi connectivity index (χ0v) is 21.2. The molecule has 1 heterocycles. The summed E-state index contributed by atoms with van der Waals surface area (Å²) in [6, 6.07) is 21.8. The van der Waals surface area contributed by atoms with E-state index in [2.05, 4.69) is 104 Å². The van der Waals surface area contributed by atoms with Gasteiger partial charge in [-0.15, -0.1) is 6.58 Å². The van der Waals surface area contributed by atoms with Crippen molar-refractivity contribution < 1.29 is 4.74 Å². The molecular formula is C31H38N2O. The van der Waals surface area contributed by atoms with Crippen LogP contribution in [0.4, 0.5) is 0 Å². The van der Waals surface area contributed by atoms with Gasteiger partial charge in [0.05, 0.1) is 18.6 Å². The van der Waals surface area contributed by atoms with E-state index in [4.69, 9.17) is 4.74 Å². The van der Waals surface area contributed by atoms with E-state index in [1.807, 2.05) is 12.4 Å². The van der Waals surface area contributed by atoms with Crippen molar-refractivity contribution in [3.05, 3.63) is 108 Å². The molecule has 0 aliphatic carbocycles. The Morgan fingerprint density at radius 2 is 1.65 bits per heavy atom. The Labute approximate surface area is 205 Å². The highest BCUT2D eigenvalue weighted by molar-refractivity contribution is 5.82. The van der Waals surface area contributed by atoms with E-state index in [0.717, 1.165) is 43.7 Å². The van der Waals surface area contributed by atoms with Crippen molar-refractivity contribution in [1.29, 1.82) is 0 Å². The molecule has 0 amide bonds. The van der Waals surface area contributed by atoms with Gasteiger partial charge >= 0.3 is 0 Å². The molecule has 0 fully saturated rings. The third-order valence-electron chi connectivity index (χ3n) is 6.10. The van der Waals surface area contributed by atoms with E-state index in [9.17, 15) is 0 Å². The summed E-state index contributed by atoms with van der Waals surface area (Å²) in [7, 11) is 0. The Balaban J connectivity index is 0.000000751. The molecule has 3 heteroatoms. The Morgan fingerprint density at radius 3 is 2.32 bits per heavy atom. The van der Waals surface area contributed by atoms with E-state index < -0.39 is 0 Å². The molecule has 3 aromatic carbocycles. The van der Waals surface area contributed by atoms with Crippen molar-refractivity contribution in [3.63, 3.8) is 0 Å². The third kappa shape index (κ3) is 6.84. The fraction of sp³-hybridized carbons (Fsp3) is 0.323. The average molecular weight is 455 g/mol. The van der Waals surface area contributed by atoms with E-state index in [-0.39, 0.29) is 0 Å². The summed E-state index contributed by atoms with van der Waals surface area (Å²) in [6.45, 7) is 13.4. The Kier molecular flexibility index (Phi) is 9.51. The van der Waals surface area contributed by atoms with Crippen LogP contribution < -0.4 is 4.74 Å². The fourth-order valence-electron chi connectivity index (χ4n) is 3.88. The molecule has 0 N–H and O–H groups in total. The molecule has 4 rings (SSSR count). The second-order valence-electron chi connectivity index (χ2n) is 8.71. The molecule has 0 unspecified atom stereocenters. The highest BCUT2D eigenvalue weighted by Gasteiger charge is 2.08. The standard InChI is InChI=1S/C27H30N2O.C4H8/c1-4-7-25-13-11-23(18-29-19-28-20(2)21(29)3)17-27(25)30-15-14-22-10-12-24-8-5-6-9-26(24)16-22;1-3-4-2/h5-6,8-13,16-17,19H,4,7,14-15,18H2,1-3H3;3H,1,4H2,2H3. The minimum absolute atomic E-state index is 0.682. The van der Waals surface area contributed by atoms with Crippen molar-refractivity contribution in [1.82, 2.24) is 9.55 Å². The van der Waals surface area contributed by atoms with Gasteiger partial charge in [-0.25, -0.2) is 4.98 Å². The first kappa shape index (κ1) is 25.3. The van der Waals surface area contributed by atoms with Gasteiger partial charge < -0.3 is 9.30 Å². The average Bonchev–Trinajstić information content (AvgIpc) is 3.18. The number of aryl methyl sites for hydroxylation is 2. The first-order valence-electron chi connectivity index (χ1n) is 12.4. The number of ether oxygens (including phenoxy) is 1. The zero-order chi connectivity index (χ0) is 24.3. The van der Waals surface area contributed by atoms with Crippen molar-refractivity contribution in [2.24, 2.45) is 0 Å². The number of imidazole rings is 1. The lowest BCUT2D eigenvalue weighted by molar-refractivity contribution is 0.318. The van der Waals surface area contributed by atoms with Gasteiger partial charge in [0.1, 0.15) is 5.75 Å². The quantitative estimate of drug-likeness (QED) is 0.241. The van der Waals surface area contributed by atoms with Gasteiger partial charge in [0.25, 0.3) is 0 Å². The van der Waals surface area contributed by atoms with E-state index in [1.54, 1.807) is 0 Å². The maximum atomic E-state index is 6.29. The molecule has 1 aromatic heterocycles. The first-order chi connectivity index (χ1) is 16.5. The van der Waals surface area contributed by atoms with Crippen LogP contribution in [0.5, 0.6) is 5.75 Å². The number of fused-ring (bicyclic) bond motifs is 1. The number of benzene rings is 3. The lowest BCUT2D eigenvalue weighted by Gasteiger charge is -2.14. The molecule has 178 valence electrons. The van der Waals surface area contributed by atoms with Crippen LogP contribution in [0.2, 0.25) is 0 Å². The summed E-state index contributed by atoms with van der Waals surface area (Å²) in [5, 5.41) is 2.57. The van der Waals surface area contributed by atoms with Crippen LogP contribution in [-0.4, -0.2) is 16.2 Å². The maximum Gasteiger partial charge on any atom is 0.122 e. The summed E-state index contributed by atoms with van der Waals surface area (Å²) in [5.74, 6) is 1.02. The van der Waals surface area contributed by atoms with Crippen LogP contribution in [-0.2, 0) is 19.4 Å². The van der Waals surface area contributed by atoms with Crippen LogP contribution in [0.1, 0.15) is 54.8 Å². The number of nitrogens with zero attached hydrogens (tertiary/aromatic N) is 2. The lowest BCUT2D eigenvalue weighted by atomic mass is 10.0. The van der Waals surface area contributed by atoms with Gasteiger partial charge in [0.15, 0.2) is 0 Å². The topological polar surface area (TPSA) is 27.1 Å². The number of aromatic nitrogens is 2. The van der Waals surface area contributed by atoms with Crippen LogP contribution in [0.3, 0.4) is 0 Å². The van der Waals surface area contributed by atoms with Crippen LogP contribution in [0.25, 0.3) is 10.8 Å². The van der Waals surface area contributed by atoms with Gasteiger partial charge in [0.2, 0.25) is 0 Å². The molecule has 0 bridgehead atoms. The molecule has 4 aromatic rings. The highest BCUT2D eigenvalue weighted by Crippen LogP contribution is 2.24. The normalized spacial score (nSPS) is 10.6. The Hall–Kier alpha value is -3.33. The molecule has 0 atom stereocenters. The lowest BCUT2D eigenvalue weighted by Crippen LogP contribution is -2.06. The van der Waals surface area contributed by atoms with Gasteiger partial charge in [-0.3, -0.25) is 0 Å². The number of rotatable bonds is 9. The summed E-state index contributed by atoms with van der Waals surface area (Å²) in [4.78, 5) is 4.42. The SMILES string of the molecule is C=CCC.CCCc1ccc(Cn2cnc(C)c2C)cc1OCCc1ccc2ccccc2c1. The van der Waals surface area contributed by atoms with Crippen molar-refractivity contribution in [2.75, 3.05) is 6.61 Å². The molecule has 34 heavy (non-hydrogen) atoms. The van der Waals surface area contributed by atoms with Gasteiger partial charge in [-0.05, 0) is 60.2 Å². The van der Waals surface area contributed by atoms with Crippen molar-refractivity contribution in [2.45, 2.75) is 59.9 Å². The van der Waals surface area contributed by atoms with Crippen LogP contribution in [0.15, 0.2) is 79.6 Å².